The Hall–Kier alpha value is -3.00. The number of benzene rings is 2. The van der Waals surface area contributed by atoms with E-state index in [-0.39, 0.29) is 18.5 Å². The highest BCUT2D eigenvalue weighted by molar-refractivity contribution is 5.86. The Kier molecular flexibility index (Phi) is 6.83. The summed E-state index contributed by atoms with van der Waals surface area (Å²) >= 11 is 0. The Labute approximate surface area is 186 Å². The molecule has 3 rings (SSSR count). The highest BCUT2D eigenvalue weighted by Gasteiger charge is 2.41. The molecule has 0 aliphatic carbocycles. The summed E-state index contributed by atoms with van der Waals surface area (Å²) in [7, 11) is 0. The van der Waals surface area contributed by atoms with Gasteiger partial charge >= 0.3 is 6.09 Å². The number of halogens is 2. The molecule has 3 atom stereocenters. The summed E-state index contributed by atoms with van der Waals surface area (Å²) in [4.78, 5) is 26.6. The van der Waals surface area contributed by atoms with Crippen LogP contribution in [0.5, 0.6) is 0 Å². The first-order valence-electron chi connectivity index (χ1n) is 10.5. The van der Waals surface area contributed by atoms with E-state index < -0.39 is 47.4 Å². The van der Waals surface area contributed by atoms with Crippen LogP contribution in [0.25, 0.3) is 11.1 Å². The van der Waals surface area contributed by atoms with Crippen molar-refractivity contribution in [3.05, 3.63) is 59.7 Å². The molecule has 0 radical (unpaired) electrons. The zero-order valence-corrected chi connectivity index (χ0v) is 18.6. The molecule has 2 aromatic rings. The summed E-state index contributed by atoms with van der Waals surface area (Å²) in [5.41, 5.74) is 0.279. The molecular formula is C24H28F2N2O4. The van der Waals surface area contributed by atoms with Gasteiger partial charge in [-0.05, 0) is 51.0 Å². The first-order chi connectivity index (χ1) is 15.0. The number of carbonyl (C=O) groups is 2. The van der Waals surface area contributed by atoms with Gasteiger partial charge in [-0.25, -0.2) is 13.6 Å². The maximum atomic E-state index is 14.0. The van der Waals surface area contributed by atoms with Crippen molar-refractivity contribution in [1.82, 2.24) is 10.2 Å². The molecule has 2 amide bonds. The maximum Gasteiger partial charge on any atom is 0.411 e. The summed E-state index contributed by atoms with van der Waals surface area (Å²) < 4.78 is 33.4. The molecule has 8 heteroatoms. The quantitative estimate of drug-likeness (QED) is 0.739. The van der Waals surface area contributed by atoms with Crippen molar-refractivity contribution in [2.24, 2.45) is 0 Å². The second-order valence-electron chi connectivity index (χ2n) is 8.99. The molecule has 1 saturated heterocycles. The van der Waals surface area contributed by atoms with Gasteiger partial charge in [-0.15, -0.1) is 0 Å². The highest BCUT2D eigenvalue weighted by atomic mass is 19.1. The fraction of sp³-hybridized carbons (Fsp3) is 0.417. The molecule has 6 nitrogen and oxygen atoms in total. The van der Waals surface area contributed by atoms with Gasteiger partial charge in [0.1, 0.15) is 23.3 Å². The number of hydrogen-bond donors (Lipinski definition) is 2. The number of hydrogen-bond acceptors (Lipinski definition) is 4. The van der Waals surface area contributed by atoms with Gasteiger partial charge < -0.3 is 15.2 Å². The summed E-state index contributed by atoms with van der Waals surface area (Å²) in [5.74, 6) is -1.72. The minimum absolute atomic E-state index is 0.0181. The number of rotatable bonds is 4. The highest BCUT2D eigenvalue weighted by Crippen LogP contribution is 2.28. The Morgan fingerprint density at radius 2 is 1.72 bits per heavy atom. The third kappa shape index (κ3) is 5.43. The molecule has 0 bridgehead atoms. The van der Waals surface area contributed by atoms with Crippen LogP contribution in [0.1, 0.15) is 45.7 Å². The smallest absolute Gasteiger partial charge is 0.411 e. The fourth-order valence-corrected chi connectivity index (χ4v) is 3.69. The molecule has 1 heterocycles. The monoisotopic (exact) mass is 446 g/mol. The van der Waals surface area contributed by atoms with Crippen molar-refractivity contribution in [3.63, 3.8) is 0 Å². The lowest BCUT2D eigenvalue weighted by Gasteiger charge is -2.28. The first-order valence-corrected chi connectivity index (χ1v) is 10.5. The van der Waals surface area contributed by atoms with Gasteiger partial charge in [-0.1, -0.05) is 30.3 Å². The maximum absolute atomic E-state index is 14.0. The lowest BCUT2D eigenvalue weighted by molar-refractivity contribution is -0.126. The second kappa shape index (κ2) is 9.24. The zero-order valence-electron chi connectivity index (χ0n) is 18.6. The standard InChI is InChI=1S/C24H28F2N2O4/c1-14(15-8-10-16(11-9-15)21-18(25)6-5-7-19(21)26)27-22(30)20-12-17(29)13-28(20)23(31)32-24(2,3)4/h5-11,14,17,20,29H,12-13H2,1-4H3,(H,27,30)/t14-,17+,20-/m0/s1. The van der Waals surface area contributed by atoms with Crippen molar-refractivity contribution in [1.29, 1.82) is 0 Å². The van der Waals surface area contributed by atoms with E-state index in [4.69, 9.17) is 4.74 Å². The number of likely N-dealkylation sites (tertiary alicyclic amines) is 1. The predicted octanol–water partition coefficient (Wildman–Crippen LogP) is 4.18. The minimum Gasteiger partial charge on any atom is -0.444 e. The first kappa shape index (κ1) is 23.7. The van der Waals surface area contributed by atoms with E-state index in [1.54, 1.807) is 52.0 Å². The van der Waals surface area contributed by atoms with E-state index in [1.165, 1.54) is 23.1 Å². The molecule has 32 heavy (non-hydrogen) atoms. The number of carbonyl (C=O) groups excluding carboxylic acids is 2. The van der Waals surface area contributed by atoms with E-state index in [9.17, 15) is 23.5 Å². The Morgan fingerprint density at radius 1 is 1.12 bits per heavy atom. The van der Waals surface area contributed by atoms with Gasteiger partial charge in [0.2, 0.25) is 5.91 Å². The molecule has 2 N–H and O–H groups in total. The van der Waals surface area contributed by atoms with Crippen LogP contribution in [-0.2, 0) is 9.53 Å². The molecule has 1 aliphatic heterocycles. The Balaban J connectivity index is 1.70. The number of nitrogens with one attached hydrogen (secondary N) is 1. The van der Waals surface area contributed by atoms with Crippen molar-refractivity contribution in [3.8, 4) is 11.1 Å². The molecular weight excluding hydrogens is 418 g/mol. The summed E-state index contributed by atoms with van der Waals surface area (Å²) in [6.07, 6.45) is -1.36. The van der Waals surface area contributed by atoms with Crippen molar-refractivity contribution in [2.75, 3.05) is 6.54 Å². The molecule has 0 aromatic heterocycles. The topological polar surface area (TPSA) is 78.9 Å². The van der Waals surface area contributed by atoms with Crippen molar-refractivity contribution in [2.45, 2.75) is 57.9 Å². The third-order valence-electron chi connectivity index (χ3n) is 5.23. The average Bonchev–Trinajstić information content (AvgIpc) is 3.09. The number of nitrogens with zero attached hydrogens (tertiary/aromatic N) is 1. The number of amides is 2. The molecule has 172 valence electrons. The van der Waals surface area contributed by atoms with Crippen LogP contribution in [0.2, 0.25) is 0 Å². The van der Waals surface area contributed by atoms with Crippen LogP contribution in [0, 0.1) is 11.6 Å². The minimum atomic E-state index is -0.853. The molecule has 0 saturated carbocycles. The van der Waals surface area contributed by atoms with Crippen LogP contribution >= 0.6 is 0 Å². The summed E-state index contributed by atoms with van der Waals surface area (Å²) in [5, 5.41) is 12.9. The lowest BCUT2D eigenvalue weighted by Crippen LogP contribution is -2.48. The van der Waals surface area contributed by atoms with Gasteiger partial charge in [0.05, 0.1) is 24.3 Å². The summed E-state index contributed by atoms with van der Waals surface area (Å²) in [6, 6.07) is 8.96. The van der Waals surface area contributed by atoms with Crippen LogP contribution in [0.3, 0.4) is 0 Å². The lowest BCUT2D eigenvalue weighted by atomic mass is 10.0. The third-order valence-corrected chi connectivity index (χ3v) is 5.23. The van der Waals surface area contributed by atoms with E-state index in [0.29, 0.717) is 5.56 Å². The van der Waals surface area contributed by atoms with Gasteiger partial charge in [0.15, 0.2) is 0 Å². The predicted molar refractivity (Wildman–Crippen MR) is 116 cm³/mol. The van der Waals surface area contributed by atoms with Crippen LogP contribution in [0.4, 0.5) is 13.6 Å². The van der Waals surface area contributed by atoms with Crippen molar-refractivity contribution >= 4 is 12.0 Å². The number of ether oxygens (including phenoxy) is 1. The van der Waals surface area contributed by atoms with E-state index in [1.807, 2.05) is 0 Å². The molecule has 2 aromatic carbocycles. The average molecular weight is 446 g/mol. The molecule has 0 unspecified atom stereocenters. The zero-order chi connectivity index (χ0) is 23.6. The molecule has 1 aliphatic rings. The SMILES string of the molecule is C[C@H](NC(=O)[C@@H]1C[C@@H](O)CN1C(=O)OC(C)(C)C)c1ccc(-c2c(F)cccc2F)cc1. The van der Waals surface area contributed by atoms with Crippen LogP contribution in [-0.4, -0.2) is 46.3 Å². The van der Waals surface area contributed by atoms with Crippen molar-refractivity contribution < 1.29 is 28.2 Å². The Morgan fingerprint density at radius 3 is 2.28 bits per heavy atom. The van der Waals surface area contributed by atoms with E-state index in [0.717, 1.165) is 5.56 Å². The van der Waals surface area contributed by atoms with Gasteiger partial charge in [-0.2, -0.15) is 0 Å². The fourth-order valence-electron chi connectivity index (χ4n) is 3.69. The van der Waals surface area contributed by atoms with Gasteiger partial charge in [0, 0.05) is 6.42 Å². The molecule has 1 fully saturated rings. The summed E-state index contributed by atoms with van der Waals surface area (Å²) in [6.45, 7) is 6.96. The van der Waals surface area contributed by atoms with Crippen LogP contribution in [0.15, 0.2) is 42.5 Å². The number of aliphatic hydroxyl groups is 1. The van der Waals surface area contributed by atoms with E-state index in [2.05, 4.69) is 5.32 Å². The normalized spacial score (nSPS) is 19.5. The largest absolute Gasteiger partial charge is 0.444 e. The number of β-amino-alcohol motifs (C(OH)–C–C–N with tert-alkyl or cyclic N) is 1. The molecule has 0 spiro atoms. The Bertz CT molecular complexity index is 968. The van der Waals surface area contributed by atoms with E-state index >= 15 is 0 Å². The van der Waals surface area contributed by atoms with Crippen LogP contribution < -0.4 is 5.32 Å². The van der Waals surface area contributed by atoms with Gasteiger partial charge in [-0.3, -0.25) is 9.69 Å². The number of aliphatic hydroxyl groups excluding tert-OH is 1. The van der Waals surface area contributed by atoms with Gasteiger partial charge in [0.25, 0.3) is 0 Å². The second-order valence-corrected chi connectivity index (χ2v) is 8.99.